The number of barbiturate groups is 1. The van der Waals surface area contributed by atoms with Crippen LogP contribution in [0.5, 0.6) is 17.2 Å². The summed E-state index contributed by atoms with van der Waals surface area (Å²) in [5, 5.41) is 2.23. The van der Waals surface area contributed by atoms with Crippen molar-refractivity contribution in [3.05, 3.63) is 57.6 Å². The monoisotopic (exact) mass is 516 g/mol. The molecule has 1 aliphatic heterocycles. The molecule has 1 N–H and O–H groups in total. The predicted octanol–water partition coefficient (Wildman–Crippen LogP) is 4.31. The second-order valence-corrected chi connectivity index (χ2v) is 8.02. The number of amides is 4. The summed E-state index contributed by atoms with van der Waals surface area (Å²) in [6.45, 7) is 4.82. The Bertz CT molecular complexity index is 1100. The Morgan fingerprint density at radius 3 is 2.42 bits per heavy atom. The minimum Gasteiger partial charge on any atom is -0.496 e. The number of methoxy groups -OCH3 is 1. The van der Waals surface area contributed by atoms with Gasteiger partial charge in [-0.05, 0) is 70.7 Å². The third-order valence-electron chi connectivity index (χ3n) is 4.78. The summed E-state index contributed by atoms with van der Waals surface area (Å²) >= 11 is 3.38. The fourth-order valence-electron chi connectivity index (χ4n) is 3.21. The average molecular weight is 517 g/mol. The molecule has 9 heteroatoms. The number of ether oxygens (including phenoxy) is 3. The molecule has 0 unspecified atom stereocenters. The highest BCUT2D eigenvalue weighted by Crippen LogP contribution is 2.30. The Hall–Kier alpha value is -3.33. The van der Waals surface area contributed by atoms with Gasteiger partial charge in [0, 0.05) is 0 Å². The number of rotatable bonds is 9. The van der Waals surface area contributed by atoms with E-state index in [0.29, 0.717) is 46.1 Å². The van der Waals surface area contributed by atoms with Crippen LogP contribution in [0, 0.1) is 0 Å². The quantitative estimate of drug-likeness (QED) is 0.394. The van der Waals surface area contributed by atoms with Crippen molar-refractivity contribution in [1.29, 1.82) is 0 Å². The number of carbonyl (C=O) groups excluding carboxylic acids is 3. The summed E-state index contributed by atoms with van der Waals surface area (Å²) in [6, 6.07) is 9.60. The zero-order chi connectivity index (χ0) is 24.0. The van der Waals surface area contributed by atoms with Crippen LogP contribution in [0.25, 0.3) is 6.08 Å². The van der Waals surface area contributed by atoms with Crippen molar-refractivity contribution < 1.29 is 28.6 Å². The molecule has 0 aromatic heterocycles. The molecule has 2 aromatic carbocycles. The van der Waals surface area contributed by atoms with Crippen LogP contribution in [-0.4, -0.2) is 43.1 Å². The van der Waals surface area contributed by atoms with Gasteiger partial charge in [-0.25, -0.2) is 4.79 Å². The molecule has 2 aromatic rings. The molecule has 33 heavy (non-hydrogen) atoms. The van der Waals surface area contributed by atoms with Crippen molar-refractivity contribution >= 4 is 39.9 Å². The maximum absolute atomic E-state index is 13.1. The lowest BCUT2D eigenvalue weighted by molar-refractivity contribution is -0.130. The Balaban J connectivity index is 1.86. The molecular weight excluding hydrogens is 492 g/mol. The standard InChI is InChI=1S/C24H25BrN2O6/c1-4-10-33-20-9-7-16(13-21(20)32-5-2)14-27-23(29)17(22(28)26-24(27)30)11-15-6-8-19(31-3)18(25)12-15/h6-9,11-13H,4-5,10,14H2,1-3H3,(H,26,28,30)/b17-11+. The number of benzene rings is 2. The fraction of sp³-hybridized carbons (Fsp3) is 0.292. The molecule has 0 radical (unpaired) electrons. The van der Waals surface area contributed by atoms with Gasteiger partial charge in [0.15, 0.2) is 11.5 Å². The lowest BCUT2D eigenvalue weighted by Crippen LogP contribution is -2.53. The lowest BCUT2D eigenvalue weighted by atomic mass is 10.1. The molecule has 1 saturated heterocycles. The summed E-state index contributed by atoms with van der Waals surface area (Å²) in [7, 11) is 1.54. The van der Waals surface area contributed by atoms with Crippen LogP contribution in [0.15, 0.2) is 46.4 Å². The van der Waals surface area contributed by atoms with E-state index in [2.05, 4.69) is 21.2 Å². The van der Waals surface area contributed by atoms with Gasteiger partial charge in [-0.15, -0.1) is 0 Å². The summed E-state index contributed by atoms with van der Waals surface area (Å²) in [5.74, 6) is 0.317. The highest BCUT2D eigenvalue weighted by atomic mass is 79.9. The summed E-state index contributed by atoms with van der Waals surface area (Å²) < 4.78 is 17.2. The molecule has 3 rings (SSSR count). The van der Waals surface area contributed by atoms with Crippen LogP contribution in [-0.2, 0) is 16.1 Å². The van der Waals surface area contributed by atoms with Crippen molar-refractivity contribution in [2.75, 3.05) is 20.3 Å². The van der Waals surface area contributed by atoms with Crippen LogP contribution in [0.2, 0.25) is 0 Å². The van der Waals surface area contributed by atoms with E-state index in [0.717, 1.165) is 11.3 Å². The Labute approximate surface area is 200 Å². The molecule has 0 aliphatic carbocycles. The maximum atomic E-state index is 13.1. The topological polar surface area (TPSA) is 94.2 Å². The molecule has 0 atom stereocenters. The van der Waals surface area contributed by atoms with Crippen molar-refractivity contribution in [3.8, 4) is 17.2 Å². The third kappa shape index (κ3) is 5.73. The van der Waals surface area contributed by atoms with Crippen LogP contribution < -0.4 is 19.5 Å². The summed E-state index contributed by atoms with van der Waals surface area (Å²) in [4.78, 5) is 38.9. The van der Waals surface area contributed by atoms with Crippen molar-refractivity contribution in [2.24, 2.45) is 0 Å². The van der Waals surface area contributed by atoms with Gasteiger partial charge in [-0.3, -0.25) is 19.8 Å². The molecule has 174 valence electrons. The first-order valence-electron chi connectivity index (χ1n) is 10.5. The maximum Gasteiger partial charge on any atom is 0.331 e. The summed E-state index contributed by atoms with van der Waals surface area (Å²) in [5.41, 5.74) is 1.12. The van der Waals surface area contributed by atoms with E-state index >= 15 is 0 Å². The van der Waals surface area contributed by atoms with E-state index in [9.17, 15) is 14.4 Å². The number of hydrogen-bond donors (Lipinski definition) is 1. The van der Waals surface area contributed by atoms with Gasteiger partial charge >= 0.3 is 6.03 Å². The Morgan fingerprint density at radius 2 is 1.76 bits per heavy atom. The van der Waals surface area contributed by atoms with Gasteiger partial charge in [0.05, 0.1) is 31.3 Å². The minimum absolute atomic E-state index is 0.0320. The summed E-state index contributed by atoms with van der Waals surface area (Å²) in [6.07, 6.45) is 2.29. The minimum atomic E-state index is -0.776. The number of carbonyl (C=O) groups is 3. The van der Waals surface area contributed by atoms with Crippen LogP contribution in [0.1, 0.15) is 31.4 Å². The van der Waals surface area contributed by atoms with Crippen molar-refractivity contribution in [2.45, 2.75) is 26.8 Å². The smallest absolute Gasteiger partial charge is 0.331 e. The molecule has 0 bridgehead atoms. The van der Waals surface area contributed by atoms with Gasteiger partial charge in [0.2, 0.25) is 0 Å². The molecule has 1 aliphatic rings. The molecule has 0 saturated carbocycles. The Kier molecular flexibility index (Phi) is 8.11. The van der Waals surface area contributed by atoms with Gasteiger partial charge in [-0.2, -0.15) is 0 Å². The largest absolute Gasteiger partial charge is 0.496 e. The second kappa shape index (κ2) is 11.0. The van der Waals surface area contributed by atoms with E-state index in [-0.39, 0.29) is 12.1 Å². The van der Waals surface area contributed by atoms with Crippen molar-refractivity contribution in [3.63, 3.8) is 0 Å². The number of nitrogens with zero attached hydrogens (tertiary/aromatic N) is 1. The third-order valence-corrected chi connectivity index (χ3v) is 5.40. The number of nitrogens with one attached hydrogen (secondary N) is 1. The number of imide groups is 2. The average Bonchev–Trinajstić information content (AvgIpc) is 2.79. The van der Waals surface area contributed by atoms with E-state index in [1.165, 1.54) is 6.08 Å². The van der Waals surface area contributed by atoms with E-state index in [1.54, 1.807) is 43.5 Å². The van der Waals surface area contributed by atoms with Gasteiger partial charge in [0.1, 0.15) is 11.3 Å². The molecule has 1 fully saturated rings. The number of hydrogen-bond acceptors (Lipinski definition) is 6. The van der Waals surface area contributed by atoms with Crippen molar-refractivity contribution in [1.82, 2.24) is 10.2 Å². The lowest BCUT2D eigenvalue weighted by Gasteiger charge is -2.26. The normalized spacial score (nSPS) is 15.0. The predicted molar refractivity (Wildman–Crippen MR) is 126 cm³/mol. The zero-order valence-corrected chi connectivity index (χ0v) is 20.2. The van der Waals surface area contributed by atoms with Crippen LogP contribution >= 0.6 is 15.9 Å². The molecule has 8 nitrogen and oxygen atoms in total. The Morgan fingerprint density at radius 1 is 1.00 bits per heavy atom. The van der Waals surface area contributed by atoms with Gasteiger partial charge in [-0.1, -0.05) is 19.1 Å². The molecule has 4 amide bonds. The first kappa shape index (κ1) is 24.3. The molecule has 1 heterocycles. The highest BCUT2D eigenvalue weighted by Gasteiger charge is 2.35. The van der Waals surface area contributed by atoms with Gasteiger partial charge < -0.3 is 14.2 Å². The second-order valence-electron chi connectivity index (χ2n) is 7.17. The highest BCUT2D eigenvalue weighted by molar-refractivity contribution is 9.10. The van der Waals surface area contributed by atoms with E-state index in [1.807, 2.05) is 13.8 Å². The van der Waals surface area contributed by atoms with E-state index < -0.39 is 17.8 Å². The number of urea groups is 1. The van der Waals surface area contributed by atoms with Crippen LogP contribution in [0.4, 0.5) is 4.79 Å². The van der Waals surface area contributed by atoms with Gasteiger partial charge in [0.25, 0.3) is 11.8 Å². The first-order chi connectivity index (χ1) is 15.9. The fourth-order valence-corrected chi connectivity index (χ4v) is 3.77. The first-order valence-corrected chi connectivity index (χ1v) is 11.3. The molecular formula is C24H25BrN2O6. The van der Waals surface area contributed by atoms with E-state index in [4.69, 9.17) is 14.2 Å². The molecule has 0 spiro atoms. The number of halogens is 1. The zero-order valence-electron chi connectivity index (χ0n) is 18.6. The SMILES string of the molecule is CCCOc1ccc(CN2C(=O)NC(=O)/C(=C\c3ccc(OC)c(Br)c3)C2=O)cc1OCC. The van der Waals surface area contributed by atoms with Crippen LogP contribution in [0.3, 0.4) is 0 Å².